The highest BCUT2D eigenvalue weighted by molar-refractivity contribution is 6.84. The van der Waals surface area contributed by atoms with Crippen LogP contribution >= 0.6 is 0 Å². The van der Waals surface area contributed by atoms with E-state index in [4.69, 9.17) is 9.84 Å². The number of hydrogen-bond donors (Lipinski definition) is 2. The van der Waals surface area contributed by atoms with E-state index in [1.807, 2.05) is 12.1 Å². The molecule has 5 nitrogen and oxygen atoms in total. The van der Waals surface area contributed by atoms with E-state index in [1.165, 1.54) is 6.92 Å². The molecule has 0 heterocycles. The lowest BCUT2D eigenvalue weighted by molar-refractivity contribution is -0.138. The van der Waals surface area contributed by atoms with E-state index in [1.54, 1.807) is 0 Å². The maximum absolute atomic E-state index is 12.3. The predicted octanol–water partition coefficient (Wildman–Crippen LogP) is 5.46. The summed E-state index contributed by atoms with van der Waals surface area (Å²) in [5.74, 6) is 5.34. The minimum Gasteiger partial charge on any atom is -0.480 e. The molecule has 2 N–H and O–H groups in total. The quantitative estimate of drug-likeness (QED) is 0.429. The molecule has 35 heavy (non-hydrogen) atoms. The molecule has 0 aromatic heterocycles. The van der Waals surface area contributed by atoms with Crippen molar-refractivity contribution in [2.75, 3.05) is 6.61 Å². The molecule has 1 aliphatic carbocycles. The second-order valence-electron chi connectivity index (χ2n) is 11.0. The van der Waals surface area contributed by atoms with Crippen LogP contribution in [0.25, 0.3) is 11.1 Å². The van der Waals surface area contributed by atoms with E-state index in [0.717, 1.165) is 33.4 Å². The van der Waals surface area contributed by atoms with Gasteiger partial charge in [0.25, 0.3) is 0 Å². The van der Waals surface area contributed by atoms with Crippen LogP contribution in [-0.4, -0.2) is 46.0 Å². The van der Waals surface area contributed by atoms with Gasteiger partial charge in [0.15, 0.2) is 0 Å². The summed E-state index contributed by atoms with van der Waals surface area (Å²) in [5, 5.41) is 11.4. The van der Waals surface area contributed by atoms with Gasteiger partial charge in [0, 0.05) is 17.0 Å². The molecule has 0 unspecified atom stereocenters. The highest BCUT2D eigenvalue weighted by atomic mass is 28.3. The van der Waals surface area contributed by atoms with Crippen molar-refractivity contribution in [3.63, 3.8) is 0 Å². The molecule has 2 aromatic rings. The van der Waals surface area contributed by atoms with Crippen molar-refractivity contribution in [1.29, 1.82) is 0 Å². The number of rotatable bonds is 4. The van der Waals surface area contributed by atoms with Gasteiger partial charge in [-0.05, 0) is 53.4 Å². The average molecular weight is 504 g/mol. The van der Waals surface area contributed by atoms with Gasteiger partial charge in [-0.15, -0.1) is 11.1 Å². The largest absolute Gasteiger partial charge is 0.480 e. The molecule has 0 saturated carbocycles. The number of ether oxygens (including phenoxy) is 1. The summed E-state index contributed by atoms with van der Waals surface area (Å²) >= 11 is 0. The fourth-order valence-corrected chi connectivity index (χ4v) is 4.69. The van der Waals surface area contributed by atoms with E-state index < -0.39 is 34.3 Å². The van der Waals surface area contributed by atoms with Gasteiger partial charge in [-0.3, -0.25) is 4.79 Å². The van der Waals surface area contributed by atoms with E-state index >= 15 is 0 Å². The second-order valence-corrected chi connectivity index (χ2v) is 20.5. The predicted molar refractivity (Wildman–Crippen MR) is 146 cm³/mol. The monoisotopic (exact) mass is 503 g/mol. The van der Waals surface area contributed by atoms with Crippen molar-refractivity contribution >= 4 is 28.2 Å². The van der Waals surface area contributed by atoms with E-state index in [-0.39, 0.29) is 12.5 Å². The maximum Gasteiger partial charge on any atom is 0.407 e. The van der Waals surface area contributed by atoms with Crippen LogP contribution in [0.5, 0.6) is 0 Å². The van der Waals surface area contributed by atoms with E-state index in [2.05, 4.69) is 91.8 Å². The first-order chi connectivity index (χ1) is 16.2. The first-order valence-electron chi connectivity index (χ1n) is 11.7. The highest BCUT2D eigenvalue weighted by Gasteiger charge is 2.30. The zero-order valence-corrected chi connectivity index (χ0v) is 23.5. The summed E-state index contributed by atoms with van der Waals surface area (Å²) in [5.41, 5.74) is 13.0. The summed E-state index contributed by atoms with van der Waals surface area (Å²) in [6.07, 6.45) is -0.751. The zero-order valence-electron chi connectivity index (χ0n) is 21.5. The molecule has 1 aliphatic rings. The Morgan fingerprint density at radius 2 is 1.37 bits per heavy atom. The van der Waals surface area contributed by atoms with Gasteiger partial charge >= 0.3 is 12.1 Å². The van der Waals surface area contributed by atoms with Gasteiger partial charge in [0.2, 0.25) is 0 Å². The van der Waals surface area contributed by atoms with E-state index in [0.29, 0.717) is 0 Å². The number of benzene rings is 2. The fraction of sp³-hybridized carbons (Fsp3) is 0.357. The third kappa shape index (κ3) is 7.11. The summed E-state index contributed by atoms with van der Waals surface area (Å²) in [7, 11) is -3.06. The Bertz CT molecular complexity index is 1200. The molecule has 0 aliphatic heterocycles. The SMILES string of the molecule is C[C@H](NC(=O)OCC1c2cc(C#C[Si](C)(C)C)ccc2-c2ccc(C#C[Si](C)(C)C)cc21)C(=O)O. The molecular weight excluding hydrogens is 470 g/mol. The number of fused-ring (bicyclic) bond motifs is 3. The minimum absolute atomic E-state index is 0.0912. The van der Waals surface area contributed by atoms with Crippen molar-refractivity contribution in [1.82, 2.24) is 5.32 Å². The Kier molecular flexibility index (Phi) is 7.64. The number of alkyl carbamates (subject to hydrolysis) is 1. The Hall–Kier alpha value is -3.27. The molecule has 0 saturated heterocycles. The number of carboxylic acids is 1. The molecule has 0 radical (unpaired) electrons. The van der Waals surface area contributed by atoms with Crippen LogP contribution in [0.3, 0.4) is 0 Å². The van der Waals surface area contributed by atoms with Crippen LogP contribution in [0, 0.1) is 22.9 Å². The van der Waals surface area contributed by atoms with Gasteiger partial charge < -0.3 is 15.2 Å². The Morgan fingerprint density at radius 3 is 1.77 bits per heavy atom. The van der Waals surface area contributed by atoms with Crippen LogP contribution in [0.1, 0.15) is 35.1 Å². The molecule has 7 heteroatoms. The highest BCUT2D eigenvalue weighted by Crippen LogP contribution is 2.45. The molecule has 1 atom stereocenters. The second kappa shape index (κ2) is 10.2. The number of hydrogen-bond acceptors (Lipinski definition) is 3. The van der Waals surface area contributed by atoms with E-state index in [9.17, 15) is 9.59 Å². The summed E-state index contributed by atoms with van der Waals surface area (Å²) in [4.78, 5) is 23.3. The Labute approximate surface area is 210 Å². The smallest absolute Gasteiger partial charge is 0.407 e. The first-order valence-corrected chi connectivity index (χ1v) is 18.7. The van der Waals surface area contributed by atoms with Gasteiger partial charge in [-0.25, -0.2) is 4.79 Å². The van der Waals surface area contributed by atoms with Gasteiger partial charge in [0.1, 0.15) is 28.8 Å². The fourth-order valence-electron chi connectivity index (χ4n) is 3.65. The lowest BCUT2D eigenvalue weighted by Crippen LogP contribution is -2.39. The number of carbonyl (C=O) groups is 2. The van der Waals surface area contributed by atoms with Gasteiger partial charge in [-0.2, -0.15) is 0 Å². The minimum atomic E-state index is -1.53. The Morgan fingerprint density at radius 1 is 0.914 bits per heavy atom. The normalized spacial score (nSPS) is 13.3. The van der Waals surface area contributed by atoms with Crippen molar-refractivity contribution in [2.45, 2.75) is 58.2 Å². The third-order valence-electron chi connectivity index (χ3n) is 5.39. The summed E-state index contributed by atoms with van der Waals surface area (Å²) in [6.45, 7) is 14.7. The molecule has 3 rings (SSSR count). The molecule has 1 amide bonds. The van der Waals surface area contributed by atoms with Crippen molar-refractivity contribution in [3.8, 4) is 34.1 Å². The number of amides is 1. The van der Waals surface area contributed by atoms with Crippen molar-refractivity contribution in [2.24, 2.45) is 0 Å². The van der Waals surface area contributed by atoms with Gasteiger partial charge in [-0.1, -0.05) is 63.3 Å². The van der Waals surface area contributed by atoms with Crippen LogP contribution in [0.2, 0.25) is 39.3 Å². The van der Waals surface area contributed by atoms with Crippen LogP contribution in [0.4, 0.5) is 4.79 Å². The standard InChI is InChI=1S/C28H33NO4Si2/c1-19(27(30)31)29-28(32)33-18-26-24-16-20(12-14-34(2,3)4)8-10-22(24)23-11-9-21(17-25(23)26)13-15-35(5,6)7/h8-11,16-17,19,26H,18H2,1-7H3,(H,29,32)(H,30,31)/t19-/m0/s1. The maximum atomic E-state index is 12.3. The number of nitrogens with one attached hydrogen (secondary N) is 1. The molecule has 0 spiro atoms. The van der Waals surface area contributed by atoms with Gasteiger partial charge in [0.05, 0.1) is 0 Å². The van der Waals surface area contributed by atoms with Crippen LogP contribution in [0.15, 0.2) is 36.4 Å². The molecule has 0 bridgehead atoms. The molecule has 0 fully saturated rings. The summed E-state index contributed by atoms with van der Waals surface area (Å²) < 4.78 is 5.50. The zero-order chi connectivity index (χ0) is 26.0. The molecular formula is C28H33NO4Si2. The topological polar surface area (TPSA) is 75.6 Å². The van der Waals surface area contributed by atoms with Crippen LogP contribution < -0.4 is 5.32 Å². The van der Waals surface area contributed by atoms with Crippen LogP contribution in [-0.2, 0) is 9.53 Å². The van der Waals surface area contributed by atoms with Crippen molar-refractivity contribution in [3.05, 3.63) is 58.7 Å². The Balaban J connectivity index is 1.99. The average Bonchev–Trinajstić information content (AvgIpc) is 3.06. The lowest BCUT2D eigenvalue weighted by atomic mass is 9.96. The lowest BCUT2D eigenvalue weighted by Gasteiger charge is -2.16. The number of carbonyl (C=O) groups excluding carboxylic acids is 1. The third-order valence-corrected chi connectivity index (χ3v) is 7.14. The summed E-state index contributed by atoms with van der Waals surface area (Å²) in [6, 6.07) is 11.4. The molecule has 182 valence electrons. The number of aliphatic carboxylic acids is 1. The van der Waals surface area contributed by atoms with Crippen molar-refractivity contribution < 1.29 is 19.4 Å². The molecule has 2 aromatic carbocycles. The number of carboxylic acid groups (broad SMARTS) is 1. The first kappa shape index (κ1) is 26.3.